The molecular weight excluding hydrogens is 266 g/mol. The standard InChI is InChI=1S/C16H25N3O2/c1-2-9-19-11-13(7-8-15(19)20)18-16(21)14-6-4-3-5-12(14)10-17/h7-8,11-12,14H,2-6,9-10,17H2,1H3,(H,18,21). The minimum Gasteiger partial charge on any atom is -0.330 e. The Morgan fingerprint density at radius 2 is 2.14 bits per heavy atom. The summed E-state index contributed by atoms with van der Waals surface area (Å²) in [5, 5.41) is 2.95. The van der Waals surface area contributed by atoms with Gasteiger partial charge in [0.2, 0.25) is 5.91 Å². The highest BCUT2D eigenvalue weighted by Crippen LogP contribution is 2.30. The smallest absolute Gasteiger partial charge is 0.250 e. The Balaban J connectivity index is 2.08. The van der Waals surface area contributed by atoms with Crippen molar-refractivity contribution >= 4 is 11.6 Å². The number of amides is 1. The lowest BCUT2D eigenvalue weighted by Gasteiger charge is -2.29. The Morgan fingerprint density at radius 3 is 2.86 bits per heavy atom. The molecule has 2 rings (SSSR count). The van der Waals surface area contributed by atoms with Gasteiger partial charge in [-0.1, -0.05) is 19.8 Å². The molecule has 1 aromatic rings. The van der Waals surface area contributed by atoms with Crippen LogP contribution in [0.25, 0.3) is 0 Å². The van der Waals surface area contributed by atoms with Crippen LogP contribution in [0.1, 0.15) is 39.0 Å². The Bertz CT molecular complexity index is 539. The summed E-state index contributed by atoms with van der Waals surface area (Å²) in [5.74, 6) is 0.308. The lowest BCUT2D eigenvalue weighted by atomic mass is 9.79. The Kier molecular flexibility index (Phi) is 5.56. The van der Waals surface area contributed by atoms with Crippen LogP contribution in [-0.4, -0.2) is 17.0 Å². The molecule has 1 aliphatic rings. The molecule has 2 unspecified atom stereocenters. The number of carbonyl (C=O) groups is 1. The molecule has 1 aliphatic carbocycles. The van der Waals surface area contributed by atoms with Crippen molar-refractivity contribution in [2.24, 2.45) is 17.6 Å². The fraction of sp³-hybridized carbons (Fsp3) is 0.625. The van der Waals surface area contributed by atoms with Crippen LogP contribution >= 0.6 is 0 Å². The maximum atomic E-state index is 12.4. The lowest BCUT2D eigenvalue weighted by Crippen LogP contribution is -2.35. The molecule has 1 fully saturated rings. The molecule has 1 amide bonds. The number of hydrogen-bond acceptors (Lipinski definition) is 3. The van der Waals surface area contributed by atoms with Gasteiger partial charge in [0.05, 0.1) is 5.69 Å². The van der Waals surface area contributed by atoms with E-state index >= 15 is 0 Å². The van der Waals surface area contributed by atoms with Crippen LogP contribution in [0, 0.1) is 11.8 Å². The summed E-state index contributed by atoms with van der Waals surface area (Å²) < 4.78 is 1.64. The third-order valence-corrected chi connectivity index (χ3v) is 4.26. The Hall–Kier alpha value is -1.62. The Morgan fingerprint density at radius 1 is 1.38 bits per heavy atom. The van der Waals surface area contributed by atoms with Gasteiger partial charge in [-0.2, -0.15) is 0 Å². The van der Waals surface area contributed by atoms with E-state index in [0.29, 0.717) is 18.8 Å². The van der Waals surface area contributed by atoms with E-state index in [0.717, 1.165) is 32.1 Å². The van der Waals surface area contributed by atoms with E-state index in [9.17, 15) is 9.59 Å². The van der Waals surface area contributed by atoms with Crippen molar-refractivity contribution in [1.29, 1.82) is 0 Å². The zero-order valence-electron chi connectivity index (χ0n) is 12.7. The first kappa shape index (κ1) is 15.8. The van der Waals surface area contributed by atoms with E-state index < -0.39 is 0 Å². The number of nitrogens with two attached hydrogens (primary N) is 1. The topological polar surface area (TPSA) is 77.1 Å². The highest BCUT2D eigenvalue weighted by atomic mass is 16.2. The third kappa shape index (κ3) is 3.94. The second kappa shape index (κ2) is 7.41. The SMILES string of the molecule is CCCn1cc(NC(=O)C2CCCCC2CN)ccc1=O. The van der Waals surface area contributed by atoms with Crippen LogP contribution in [0.2, 0.25) is 0 Å². The first-order valence-electron chi connectivity index (χ1n) is 7.87. The predicted octanol–water partition coefficient (Wildman–Crippen LogP) is 1.96. The summed E-state index contributed by atoms with van der Waals surface area (Å²) in [7, 11) is 0. The van der Waals surface area contributed by atoms with Gasteiger partial charge in [-0.25, -0.2) is 0 Å². The number of anilines is 1. The molecule has 1 aromatic heterocycles. The quantitative estimate of drug-likeness (QED) is 0.870. The molecule has 0 bridgehead atoms. The van der Waals surface area contributed by atoms with Crippen molar-refractivity contribution in [1.82, 2.24) is 4.57 Å². The van der Waals surface area contributed by atoms with Crippen LogP contribution in [0.3, 0.4) is 0 Å². The maximum Gasteiger partial charge on any atom is 0.250 e. The van der Waals surface area contributed by atoms with E-state index in [-0.39, 0.29) is 23.3 Å². The van der Waals surface area contributed by atoms with Gasteiger partial charge in [-0.15, -0.1) is 0 Å². The predicted molar refractivity (Wildman–Crippen MR) is 84.1 cm³/mol. The number of carbonyl (C=O) groups excluding carboxylic acids is 1. The number of aryl methyl sites for hydroxylation is 1. The van der Waals surface area contributed by atoms with Crippen molar-refractivity contribution in [3.8, 4) is 0 Å². The molecule has 5 nitrogen and oxygen atoms in total. The molecule has 2 atom stereocenters. The van der Waals surface area contributed by atoms with Gasteiger partial charge in [0, 0.05) is 24.7 Å². The summed E-state index contributed by atoms with van der Waals surface area (Å²) in [5.41, 5.74) is 6.44. The fourth-order valence-corrected chi connectivity index (χ4v) is 3.09. The van der Waals surface area contributed by atoms with Gasteiger partial charge in [0.15, 0.2) is 0 Å². The number of hydrogen-bond donors (Lipinski definition) is 2. The minimum absolute atomic E-state index is 0.00435. The summed E-state index contributed by atoms with van der Waals surface area (Å²) in [4.78, 5) is 24.1. The monoisotopic (exact) mass is 291 g/mol. The fourth-order valence-electron chi connectivity index (χ4n) is 3.09. The molecule has 0 aliphatic heterocycles. The number of pyridine rings is 1. The molecule has 0 aromatic carbocycles. The molecule has 3 N–H and O–H groups in total. The van der Waals surface area contributed by atoms with Crippen molar-refractivity contribution < 1.29 is 4.79 Å². The molecule has 1 heterocycles. The average molecular weight is 291 g/mol. The van der Waals surface area contributed by atoms with Crippen molar-refractivity contribution in [3.05, 3.63) is 28.7 Å². The van der Waals surface area contributed by atoms with Crippen molar-refractivity contribution in [3.63, 3.8) is 0 Å². The second-order valence-electron chi connectivity index (χ2n) is 5.83. The lowest BCUT2D eigenvalue weighted by molar-refractivity contribution is -0.122. The first-order chi connectivity index (χ1) is 10.2. The molecule has 0 radical (unpaired) electrons. The van der Waals surface area contributed by atoms with E-state index in [1.807, 2.05) is 6.92 Å². The zero-order chi connectivity index (χ0) is 15.2. The highest BCUT2D eigenvalue weighted by Gasteiger charge is 2.29. The Labute approximate surface area is 125 Å². The normalized spacial score (nSPS) is 22.0. The van der Waals surface area contributed by atoms with Crippen molar-refractivity contribution in [2.75, 3.05) is 11.9 Å². The first-order valence-corrected chi connectivity index (χ1v) is 7.87. The third-order valence-electron chi connectivity index (χ3n) is 4.26. The molecule has 0 spiro atoms. The van der Waals surface area contributed by atoms with Crippen LogP contribution in [-0.2, 0) is 11.3 Å². The molecule has 1 saturated carbocycles. The summed E-state index contributed by atoms with van der Waals surface area (Å²) >= 11 is 0. The molecule has 0 saturated heterocycles. The second-order valence-corrected chi connectivity index (χ2v) is 5.83. The van der Waals surface area contributed by atoms with Gasteiger partial charge in [-0.3, -0.25) is 9.59 Å². The van der Waals surface area contributed by atoms with Crippen LogP contribution < -0.4 is 16.6 Å². The molecule has 5 heteroatoms. The molecule has 21 heavy (non-hydrogen) atoms. The van der Waals surface area contributed by atoms with Gasteiger partial charge in [0.1, 0.15) is 0 Å². The van der Waals surface area contributed by atoms with E-state index in [1.54, 1.807) is 16.8 Å². The van der Waals surface area contributed by atoms with Gasteiger partial charge >= 0.3 is 0 Å². The summed E-state index contributed by atoms with van der Waals surface area (Å²) in [6.45, 7) is 3.25. The zero-order valence-corrected chi connectivity index (χ0v) is 12.7. The average Bonchev–Trinajstić information content (AvgIpc) is 2.50. The van der Waals surface area contributed by atoms with Crippen LogP contribution in [0.4, 0.5) is 5.69 Å². The van der Waals surface area contributed by atoms with E-state index in [2.05, 4.69) is 5.32 Å². The van der Waals surface area contributed by atoms with Gasteiger partial charge < -0.3 is 15.6 Å². The maximum absolute atomic E-state index is 12.4. The largest absolute Gasteiger partial charge is 0.330 e. The highest BCUT2D eigenvalue weighted by molar-refractivity contribution is 5.92. The van der Waals surface area contributed by atoms with Crippen LogP contribution in [0.15, 0.2) is 23.1 Å². The molecule has 116 valence electrons. The minimum atomic E-state index is -0.0349. The number of aromatic nitrogens is 1. The van der Waals surface area contributed by atoms with Crippen molar-refractivity contribution in [2.45, 2.75) is 45.6 Å². The number of nitrogens with one attached hydrogen (secondary N) is 1. The number of nitrogens with zero attached hydrogens (tertiary/aromatic N) is 1. The molecular formula is C16H25N3O2. The summed E-state index contributed by atoms with van der Waals surface area (Å²) in [6, 6.07) is 3.18. The van der Waals surface area contributed by atoms with Gasteiger partial charge in [0.25, 0.3) is 5.56 Å². The summed E-state index contributed by atoms with van der Waals surface area (Å²) in [6.07, 6.45) is 6.79. The van der Waals surface area contributed by atoms with E-state index in [1.165, 1.54) is 6.07 Å². The van der Waals surface area contributed by atoms with Crippen LogP contribution in [0.5, 0.6) is 0 Å². The van der Waals surface area contributed by atoms with E-state index in [4.69, 9.17) is 5.73 Å². The van der Waals surface area contributed by atoms with Gasteiger partial charge in [-0.05, 0) is 37.8 Å². The number of rotatable bonds is 5.